The van der Waals surface area contributed by atoms with Crippen LogP contribution in [0.1, 0.15) is 32.3 Å². The van der Waals surface area contributed by atoms with Crippen LogP contribution in [0.3, 0.4) is 0 Å². The third-order valence-electron chi connectivity index (χ3n) is 2.17. The molecule has 0 aromatic heterocycles. The van der Waals surface area contributed by atoms with Crippen LogP contribution in [-0.4, -0.2) is 19.1 Å². The minimum Gasteiger partial charge on any atom is -0.494 e. The second-order valence-electron chi connectivity index (χ2n) is 3.49. The first-order valence-corrected chi connectivity index (χ1v) is 5.72. The highest BCUT2D eigenvalue weighted by atomic mass is 35.5. The predicted molar refractivity (Wildman–Crippen MR) is 72.5 cm³/mol. The van der Waals surface area contributed by atoms with Gasteiger partial charge in [-0.05, 0) is 37.6 Å². The molecule has 0 aliphatic carbocycles. The highest BCUT2D eigenvalue weighted by Gasteiger charge is 2.01. The van der Waals surface area contributed by atoms with Crippen LogP contribution in [0.4, 0.5) is 0 Å². The Bertz CT molecular complexity index is 325. The van der Waals surface area contributed by atoms with Crippen molar-refractivity contribution in [1.29, 1.82) is 5.41 Å². The first-order chi connectivity index (χ1) is 7.77. The number of unbranched alkanes of at least 4 members (excludes halogenated alkanes) is 1. The van der Waals surface area contributed by atoms with Crippen LogP contribution >= 0.6 is 12.4 Å². The predicted octanol–water partition coefficient (Wildman–Crippen LogP) is 3.65. The Labute approximate surface area is 109 Å². The average Bonchev–Trinajstić information content (AvgIpc) is 2.30. The molecule has 0 saturated heterocycles. The SMILES string of the molecule is CCCCOc1ccc(C(=N)OCC)cc1.Cl. The van der Waals surface area contributed by atoms with Crippen molar-refractivity contribution in [1.82, 2.24) is 0 Å². The molecule has 0 heterocycles. The average molecular weight is 258 g/mol. The normalized spacial score (nSPS) is 9.29. The maximum atomic E-state index is 7.61. The number of nitrogens with one attached hydrogen (secondary N) is 1. The van der Waals surface area contributed by atoms with Crippen molar-refractivity contribution in [3.63, 3.8) is 0 Å². The minimum atomic E-state index is 0. The second-order valence-corrected chi connectivity index (χ2v) is 3.49. The lowest BCUT2D eigenvalue weighted by Crippen LogP contribution is -2.04. The molecule has 0 aliphatic heterocycles. The summed E-state index contributed by atoms with van der Waals surface area (Å²) in [5, 5.41) is 7.61. The van der Waals surface area contributed by atoms with Crippen molar-refractivity contribution in [2.24, 2.45) is 0 Å². The van der Waals surface area contributed by atoms with E-state index in [1.807, 2.05) is 31.2 Å². The maximum absolute atomic E-state index is 7.61. The first kappa shape index (κ1) is 15.8. The summed E-state index contributed by atoms with van der Waals surface area (Å²) < 4.78 is 10.6. The van der Waals surface area contributed by atoms with Crippen molar-refractivity contribution in [2.45, 2.75) is 26.7 Å². The van der Waals surface area contributed by atoms with Crippen molar-refractivity contribution >= 4 is 18.3 Å². The van der Waals surface area contributed by atoms with Gasteiger partial charge in [-0.3, -0.25) is 5.41 Å². The molecule has 4 heteroatoms. The molecule has 3 nitrogen and oxygen atoms in total. The zero-order valence-electron chi connectivity index (χ0n) is 10.4. The lowest BCUT2D eigenvalue weighted by atomic mass is 10.2. The Morgan fingerprint density at radius 2 is 1.82 bits per heavy atom. The summed E-state index contributed by atoms with van der Waals surface area (Å²) in [7, 11) is 0. The number of benzene rings is 1. The molecule has 96 valence electrons. The van der Waals surface area contributed by atoms with Gasteiger partial charge in [0.15, 0.2) is 0 Å². The third-order valence-corrected chi connectivity index (χ3v) is 2.17. The molecule has 0 unspecified atom stereocenters. The van der Waals surface area contributed by atoms with Gasteiger partial charge in [-0.25, -0.2) is 0 Å². The largest absolute Gasteiger partial charge is 0.494 e. The quantitative estimate of drug-likeness (QED) is 0.480. The Morgan fingerprint density at radius 1 is 1.18 bits per heavy atom. The zero-order chi connectivity index (χ0) is 11.8. The van der Waals surface area contributed by atoms with Gasteiger partial charge in [0, 0.05) is 5.56 Å². The van der Waals surface area contributed by atoms with Crippen LogP contribution in [-0.2, 0) is 4.74 Å². The van der Waals surface area contributed by atoms with E-state index in [1.54, 1.807) is 0 Å². The molecule has 0 spiro atoms. The number of halogens is 1. The Kier molecular flexibility index (Phi) is 8.24. The van der Waals surface area contributed by atoms with Crippen LogP contribution in [0, 0.1) is 5.41 Å². The molecule has 0 atom stereocenters. The van der Waals surface area contributed by atoms with Gasteiger partial charge in [0.05, 0.1) is 13.2 Å². The highest BCUT2D eigenvalue weighted by molar-refractivity contribution is 5.91. The van der Waals surface area contributed by atoms with E-state index in [-0.39, 0.29) is 18.3 Å². The van der Waals surface area contributed by atoms with Crippen LogP contribution in [0.15, 0.2) is 24.3 Å². The van der Waals surface area contributed by atoms with Gasteiger partial charge >= 0.3 is 0 Å². The van der Waals surface area contributed by atoms with Gasteiger partial charge in [0.2, 0.25) is 5.90 Å². The molecular weight excluding hydrogens is 238 g/mol. The van der Waals surface area contributed by atoms with E-state index >= 15 is 0 Å². The van der Waals surface area contributed by atoms with E-state index in [9.17, 15) is 0 Å². The third kappa shape index (κ3) is 5.59. The van der Waals surface area contributed by atoms with Gasteiger partial charge in [0.1, 0.15) is 5.75 Å². The summed E-state index contributed by atoms with van der Waals surface area (Å²) >= 11 is 0. The van der Waals surface area contributed by atoms with Crippen molar-refractivity contribution < 1.29 is 9.47 Å². The molecule has 1 aromatic carbocycles. The van der Waals surface area contributed by atoms with E-state index in [2.05, 4.69) is 6.92 Å². The fraction of sp³-hybridized carbons (Fsp3) is 0.462. The number of hydrogen-bond donors (Lipinski definition) is 1. The van der Waals surface area contributed by atoms with Crippen molar-refractivity contribution in [3.8, 4) is 5.75 Å². The Balaban J connectivity index is 0.00000256. The van der Waals surface area contributed by atoms with Gasteiger partial charge < -0.3 is 9.47 Å². The number of rotatable bonds is 6. The van der Waals surface area contributed by atoms with Crippen LogP contribution < -0.4 is 4.74 Å². The Morgan fingerprint density at radius 3 is 2.35 bits per heavy atom. The molecule has 0 bridgehead atoms. The van der Waals surface area contributed by atoms with Gasteiger partial charge in [-0.2, -0.15) is 0 Å². The summed E-state index contributed by atoms with van der Waals surface area (Å²) in [5.74, 6) is 1.06. The molecule has 0 aliphatic rings. The maximum Gasteiger partial charge on any atom is 0.213 e. The summed E-state index contributed by atoms with van der Waals surface area (Å²) in [4.78, 5) is 0. The fourth-order valence-corrected chi connectivity index (χ4v) is 1.26. The monoisotopic (exact) mass is 257 g/mol. The molecule has 1 aromatic rings. The topological polar surface area (TPSA) is 42.3 Å². The van der Waals surface area contributed by atoms with E-state index < -0.39 is 0 Å². The highest BCUT2D eigenvalue weighted by Crippen LogP contribution is 2.13. The molecule has 1 N–H and O–H groups in total. The summed E-state index contributed by atoms with van der Waals surface area (Å²) in [6.07, 6.45) is 2.20. The smallest absolute Gasteiger partial charge is 0.213 e. The summed E-state index contributed by atoms with van der Waals surface area (Å²) in [6.45, 7) is 5.28. The lowest BCUT2D eigenvalue weighted by Gasteiger charge is -2.07. The fourth-order valence-electron chi connectivity index (χ4n) is 1.26. The second kappa shape index (κ2) is 8.88. The van der Waals surface area contributed by atoms with Crippen LogP contribution in [0.5, 0.6) is 5.75 Å². The van der Waals surface area contributed by atoms with Crippen LogP contribution in [0.2, 0.25) is 0 Å². The molecule has 17 heavy (non-hydrogen) atoms. The number of ether oxygens (including phenoxy) is 2. The summed E-state index contributed by atoms with van der Waals surface area (Å²) in [5.41, 5.74) is 0.782. The summed E-state index contributed by atoms with van der Waals surface area (Å²) in [6, 6.07) is 7.44. The van der Waals surface area contributed by atoms with Gasteiger partial charge in [-0.15, -0.1) is 12.4 Å². The van der Waals surface area contributed by atoms with E-state index in [0.29, 0.717) is 6.61 Å². The van der Waals surface area contributed by atoms with Gasteiger partial charge in [0.25, 0.3) is 0 Å². The van der Waals surface area contributed by atoms with Crippen molar-refractivity contribution in [3.05, 3.63) is 29.8 Å². The van der Waals surface area contributed by atoms with Crippen LogP contribution in [0.25, 0.3) is 0 Å². The molecule has 0 saturated carbocycles. The first-order valence-electron chi connectivity index (χ1n) is 5.72. The Hall–Kier alpha value is -1.22. The lowest BCUT2D eigenvalue weighted by molar-refractivity contribution is 0.309. The van der Waals surface area contributed by atoms with E-state index in [0.717, 1.165) is 30.8 Å². The van der Waals surface area contributed by atoms with Crippen molar-refractivity contribution in [2.75, 3.05) is 13.2 Å². The number of hydrogen-bond acceptors (Lipinski definition) is 3. The molecule has 0 radical (unpaired) electrons. The van der Waals surface area contributed by atoms with Gasteiger partial charge in [-0.1, -0.05) is 13.3 Å². The zero-order valence-corrected chi connectivity index (χ0v) is 11.2. The molecular formula is C13H20ClNO2. The standard InChI is InChI=1S/C13H19NO2.ClH/c1-3-5-10-16-12-8-6-11(7-9-12)13(14)15-4-2;/h6-9,14H,3-5,10H2,1-2H3;1H. The van der Waals surface area contributed by atoms with E-state index in [1.165, 1.54) is 0 Å². The molecule has 1 rings (SSSR count). The molecule has 0 fully saturated rings. The molecule has 0 amide bonds. The van der Waals surface area contributed by atoms with E-state index in [4.69, 9.17) is 14.9 Å². The minimum absolute atomic E-state index is 0.